The fourth-order valence-electron chi connectivity index (χ4n) is 5.52. The Balaban J connectivity index is 1.97. The molecular weight excluding hydrogens is 543 g/mol. The molecule has 0 saturated carbocycles. The van der Waals surface area contributed by atoms with Crippen LogP contribution < -0.4 is 15.4 Å². The number of amides is 1. The standard InChI is InChI=1S/C30H29Cl2F2N3O2/c1-29(2,3)15-24-30(16-35,19-13-12-17(31)14-21(19)33)25(18-8-7-9-20(32)26(18)34)27(37-24)28(38)36-22-10-5-6-11-23(22)39-4/h5-14,24-25,27,37H,15H2,1-4H3,(H,36,38)/t24-,25-,27+,30-/m0/s1. The summed E-state index contributed by atoms with van der Waals surface area (Å²) >= 11 is 12.2. The van der Waals surface area contributed by atoms with E-state index in [9.17, 15) is 10.1 Å². The Hall–Kier alpha value is -3.18. The number of hydrogen-bond donors (Lipinski definition) is 2. The van der Waals surface area contributed by atoms with Crippen LogP contribution in [0.15, 0.2) is 60.7 Å². The van der Waals surface area contributed by atoms with E-state index in [-0.39, 0.29) is 26.6 Å². The van der Waals surface area contributed by atoms with E-state index in [1.807, 2.05) is 20.8 Å². The minimum absolute atomic E-state index is 0.0214. The van der Waals surface area contributed by atoms with Gasteiger partial charge in [-0.1, -0.05) is 74.3 Å². The second-order valence-electron chi connectivity index (χ2n) is 10.9. The van der Waals surface area contributed by atoms with Gasteiger partial charge in [0.25, 0.3) is 0 Å². The first-order valence-corrected chi connectivity index (χ1v) is 13.2. The van der Waals surface area contributed by atoms with Crippen LogP contribution in [0, 0.1) is 28.4 Å². The van der Waals surface area contributed by atoms with E-state index in [1.54, 1.807) is 30.3 Å². The number of para-hydroxylation sites is 2. The molecule has 204 valence electrons. The molecule has 0 aliphatic carbocycles. The topological polar surface area (TPSA) is 74.2 Å². The largest absolute Gasteiger partial charge is 0.495 e. The van der Waals surface area contributed by atoms with Gasteiger partial charge in [-0.2, -0.15) is 5.26 Å². The van der Waals surface area contributed by atoms with Crippen molar-refractivity contribution in [3.8, 4) is 11.8 Å². The lowest BCUT2D eigenvalue weighted by Crippen LogP contribution is -2.45. The van der Waals surface area contributed by atoms with Crippen molar-refractivity contribution in [2.24, 2.45) is 5.41 Å². The van der Waals surface area contributed by atoms with E-state index in [1.165, 1.54) is 31.4 Å². The number of methoxy groups -OCH3 is 1. The molecule has 0 spiro atoms. The van der Waals surface area contributed by atoms with Crippen LogP contribution in [0.3, 0.4) is 0 Å². The summed E-state index contributed by atoms with van der Waals surface area (Å²) in [5.74, 6) is -2.75. The van der Waals surface area contributed by atoms with Crippen molar-refractivity contribution in [2.75, 3.05) is 12.4 Å². The van der Waals surface area contributed by atoms with E-state index < -0.39 is 41.0 Å². The number of benzene rings is 3. The first-order chi connectivity index (χ1) is 18.4. The molecule has 3 aromatic rings. The Morgan fingerprint density at radius 1 is 1.13 bits per heavy atom. The van der Waals surface area contributed by atoms with Gasteiger partial charge in [0.1, 0.15) is 22.8 Å². The molecule has 1 aliphatic heterocycles. The molecule has 0 bridgehead atoms. The molecule has 1 saturated heterocycles. The zero-order valence-electron chi connectivity index (χ0n) is 22.0. The van der Waals surface area contributed by atoms with Gasteiger partial charge in [-0.05, 0) is 47.7 Å². The molecule has 1 heterocycles. The van der Waals surface area contributed by atoms with Gasteiger partial charge in [0.2, 0.25) is 5.91 Å². The summed E-state index contributed by atoms with van der Waals surface area (Å²) in [6.07, 6.45) is 0.375. The van der Waals surface area contributed by atoms with Crippen LogP contribution in [0.25, 0.3) is 0 Å². The predicted molar refractivity (Wildman–Crippen MR) is 149 cm³/mol. The second kappa shape index (κ2) is 11.1. The van der Waals surface area contributed by atoms with Crippen LogP contribution in [0.2, 0.25) is 10.0 Å². The fraction of sp³-hybridized carbons (Fsp3) is 0.333. The van der Waals surface area contributed by atoms with Gasteiger partial charge < -0.3 is 15.4 Å². The number of carbonyl (C=O) groups is 1. The number of ether oxygens (including phenoxy) is 1. The Labute approximate surface area is 237 Å². The van der Waals surface area contributed by atoms with Gasteiger partial charge in [0.05, 0.1) is 29.9 Å². The maximum Gasteiger partial charge on any atom is 0.242 e. The molecule has 39 heavy (non-hydrogen) atoms. The molecule has 9 heteroatoms. The molecule has 1 amide bonds. The van der Waals surface area contributed by atoms with Gasteiger partial charge >= 0.3 is 0 Å². The Kier molecular flexibility index (Phi) is 8.22. The SMILES string of the molecule is COc1ccccc1NC(=O)[C@@H]1N[C@@H](CC(C)(C)C)[C@](C#N)(c2ccc(Cl)cc2F)[C@H]1c1cccc(Cl)c1F. The molecule has 3 aromatic carbocycles. The highest BCUT2D eigenvalue weighted by molar-refractivity contribution is 6.31. The third-order valence-corrected chi connectivity index (χ3v) is 7.62. The van der Waals surface area contributed by atoms with Gasteiger partial charge in [0, 0.05) is 22.5 Å². The summed E-state index contributed by atoms with van der Waals surface area (Å²) in [5.41, 5.74) is -1.59. The Bertz CT molecular complexity index is 1440. The Morgan fingerprint density at radius 2 is 1.85 bits per heavy atom. The predicted octanol–water partition coefficient (Wildman–Crippen LogP) is 7.24. The van der Waals surface area contributed by atoms with Crippen LogP contribution in [-0.4, -0.2) is 25.1 Å². The van der Waals surface area contributed by atoms with Gasteiger partial charge in [-0.15, -0.1) is 0 Å². The molecule has 1 aliphatic rings. The van der Waals surface area contributed by atoms with Gasteiger partial charge in [0.15, 0.2) is 0 Å². The van der Waals surface area contributed by atoms with Crippen LogP contribution in [0.5, 0.6) is 5.75 Å². The molecule has 4 atom stereocenters. The monoisotopic (exact) mass is 571 g/mol. The number of anilines is 1. The summed E-state index contributed by atoms with van der Waals surface area (Å²) in [7, 11) is 1.48. The van der Waals surface area contributed by atoms with Crippen molar-refractivity contribution >= 4 is 34.8 Å². The van der Waals surface area contributed by atoms with Gasteiger partial charge in [-0.25, -0.2) is 8.78 Å². The maximum absolute atomic E-state index is 15.7. The minimum atomic E-state index is -1.70. The number of hydrogen-bond acceptors (Lipinski definition) is 4. The molecule has 0 radical (unpaired) electrons. The molecule has 4 rings (SSSR count). The van der Waals surface area contributed by atoms with E-state index >= 15 is 8.78 Å². The van der Waals surface area contributed by atoms with Crippen molar-refractivity contribution in [2.45, 2.75) is 50.6 Å². The normalized spacial score (nSPS) is 22.8. The number of nitrogens with one attached hydrogen (secondary N) is 2. The highest BCUT2D eigenvalue weighted by Gasteiger charge is 2.61. The van der Waals surface area contributed by atoms with Crippen molar-refractivity contribution in [1.29, 1.82) is 5.26 Å². The minimum Gasteiger partial charge on any atom is -0.495 e. The average molecular weight is 572 g/mol. The number of halogens is 4. The maximum atomic E-state index is 15.7. The molecular formula is C30H29Cl2F2N3O2. The lowest BCUT2D eigenvalue weighted by Gasteiger charge is -2.37. The fourth-order valence-corrected chi connectivity index (χ4v) is 5.86. The van der Waals surface area contributed by atoms with Gasteiger partial charge in [-0.3, -0.25) is 4.79 Å². The highest BCUT2D eigenvalue weighted by Crippen LogP contribution is 2.53. The third-order valence-electron chi connectivity index (χ3n) is 7.10. The van der Waals surface area contributed by atoms with Crippen LogP contribution >= 0.6 is 23.2 Å². The van der Waals surface area contributed by atoms with E-state index in [0.717, 1.165) is 6.07 Å². The van der Waals surface area contributed by atoms with Crippen molar-refractivity contribution < 1.29 is 18.3 Å². The lowest BCUT2D eigenvalue weighted by molar-refractivity contribution is -0.118. The number of rotatable bonds is 6. The molecule has 5 nitrogen and oxygen atoms in total. The third kappa shape index (κ3) is 5.47. The summed E-state index contributed by atoms with van der Waals surface area (Å²) in [6, 6.07) is 15.8. The quantitative estimate of drug-likeness (QED) is 0.327. The van der Waals surface area contributed by atoms with E-state index in [0.29, 0.717) is 17.9 Å². The first-order valence-electron chi connectivity index (χ1n) is 12.4. The first kappa shape index (κ1) is 28.8. The Morgan fingerprint density at radius 3 is 2.49 bits per heavy atom. The van der Waals surface area contributed by atoms with Crippen LogP contribution in [0.4, 0.5) is 14.5 Å². The second-order valence-corrected chi connectivity index (χ2v) is 11.7. The molecule has 0 aromatic heterocycles. The summed E-state index contributed by atoms with van der Waals surface area (Å²) < 4.78 is 36.8. The van der Waals surface area contributed by atoms with Crippen LogP contribution in [0.1, 0.15) is 44.2 Å². The van der Waals surface area contributed by atoms with Crippen LogP contribution in [-0.2, 0) is 10.2 Å². The number of nitriles is 1. The van der Waals surface area contributed by atoms with E-state index in [4.69, 9.17) is 27.9 Å². The number of nitrogens with zero attached hydrogens (tertiary/aromatic N) is 1. The van der Waals surface area contributed by atoms with Crippen molar-refractivity contribution in [1.82, 2.24) is 5.32 Å². The summed E-state index contributed by atoms with van der Waals surface area (Å²) in [6.45, 7) is 5.94. The van der Waals surface area contributed by atoms with Crippen molar-refractivity contribution in [3.05, 3.63) is 93.5 Å². The molecule has 1 fully saturated rings. The average Bonchev–Trinajstić information content (AvgIpc) is 3.19. The lowest BCUT2D eigenvalue weighted by atomic mass is 9.62. The summed E-state index contributed by atoms with van der Waals surface area (Å²) in [4.78, 5) is 13.9. The van der Waals surface area contributed by atoms with E-state index in [2.05, 4.69) is 16.7 Å². The van der Waals surface area contributed by atoms with Crippen molar-refractivity contribution in [3.63, 3.8) is 0 Å². The molecule has 0 unspecified atom stereocenters. The highest BCUT2D eigenvalue weighted by atomic mass is 35.5. The number of carbonyl (C=O) groups excluding carboxylic acids is 1. The smallest absolute Gasteiger partial charge is 0.242 e. The molecule has 2 N–H and O–H groups in total. The zero-order chi connectivity index (χ0) is 28.5. The summed E-state index contributed by atoms with van der Waals surface area (Å²) in [5, 5.41) is 17.0. The zero-order valence-corrected chi connectivity index (χ0v) is 23.5.